The number of hydrogen-bond donors (Lipinski definition) is 0. The van der Waals surface area contributed by atoms with Crippen molar-refractivity contribution in [2.75, 3.05) is 6.26 Å². The molecule has 0 unspecified atom stereocenters. The van der Waals surface area contributed by atoms with Crippen LogP contribution in [-0.2, 0) is 9.84 Å². The van der Waals surface area contributed by atoms with Gasteiger partial charge in [0.2, 0.25) is 0 Å². The Morgan fingerprint density at radius 2 is 2.00 bits per heavy atom. The molecule has 1 heterocycles. The lowest BCUT2D eigenvalue weighted by atomic mass is 9.94. The third kappa shape index (κ3) is 3.22. The highest BCUT2D eigenvalue weighted by molar-refractivity contribution is 9.10. The summed E-state index contributed by atoms with van der Waals surface area (Å²) in [6.07, 6.45) is 4.63. The average Bonchev–Trinajstić information content (AvgIpc) is 3.06. The summed E-state index contributed by atoms with van der Waals surface area (Å²) in [5.74, 6) is 0. The third-order valence-electron chi connectivity index (χ3n) is 3.58. The molecule has 2 aromatic carbocycles. The first-order valence-electron chi connectivity index (χ1n) is 7.07. The smallest absolute Gasteiger partial charge is 0.176 e. The predicted octanol–water partition coefficient (Wildman–Crippen LogP) is 5.29. The summed E-state index contributed by atoms with van der Waals surface area (Å²) in [4.78, 5) is 4.63. The molecule has 3 rings (SSSR count). The molecule has 0 bridgehead atoms. The van der Waals surface area contributed by atoms with Crippen LogP contribution >= 0.6 is 27.3 Å². The maximum atomic E-state index is 12.3. The zero-order chi connectivity index (χ0) is 17.3. The van der Waals surface area contributed by atoms with E-state index in [0.717, 1.165) is 21.2 Å². The van der Waals surface area contributed by atoms with Gasteiger partial charge in [-0.15, -0.1) is 11.3 Å². The third-order valence-corrected chi connectivity index (χ3v) is 6.00. The van der Waals surface area contributed by atoms with E-state index in [0.29, 0.717) is 10.6 Å². The van der Waals surface area contributed by atoms with Gasteiger partial charge in [0.25, 0.3) is 0 Å². The van der Waals surface area contributed by atoms with Crippen molar-refractivity contribution in [2.24, 2.45) is 0 Å². The second-order valence-electron chi connectivity index (χ2n) is 5.23. The molecule has 3 nitrogen and oxygen atoms in total. The molecule has 24 heavy (non-hydrogen) atoms. The first kappa shape index (κ1) is 17.1. The number of rotatable bonds is 4. The number of halogens is 1. The van der Waals surface area contributed by atoms with E-state index in [4.69, 9.17) is 0 Å². The zero-order valence-electron chi connectivity index (χ0n) is 12.9. The monoisotopic (exact) mass is 419 g/mol. The van der Waals surface area contributed by atoms with Gasteiger partial charge in [-0.25, -0.2) is 13.4 Å². The van der Waals surface area contributed by atoms with E-state index in [1.807, 2.05) is 29.6 Å². The predicted molar refractivity (Wildman–Crippen MR) is 104 cm³/mol. The molecule has 3 aromatic rings. The first-order chi connectivity index (χ1) is 11.4. The lowest BCUT2D eigenvalue weighted by Gasteiger charge is -2.16. The molecular formula is C18H14BrNO2S2. The topological polar surface area (TPSA) is 47.0 Å². The highest BCUT2D eigenvalue weighted by Crippen LogP contribution is 2.41. The maximum absolute atomic E-state index is 12.3. The van der Waals surface area contributed by atoms with Crippen molar-refractivity contribution in [3.05, 3.63) is 64.6 Å². The molecule has 0 saturated heterocycles. The molecule has 0 saturated carbocycles. The molecule has 0 amide bonds. The first-order valence-corrected chi connectivity index (χ1v) is 10.6. The Kier molecular flexibility index (Phi) is 4.71. The van der Waals surface area contributed by atoms with E-state index < -0.39 is 9.84 Å². The van der Waals surface area contributed by atoms with Crippen molar-refractivity contribution in [1.29, 1.82) is 0 Å². The Balaban J connectivity index is 2.48. The van der Waals surface area contributed by atoms with Crippen LogP contribution in [0.2, 0.25) is 0 Å². The molecule has 0 atom stereocenters. The SMILES string of the molecule is C=Cc1ccc(S(C)(=O)=O)c(-c2nccs2)c1-c1cccc(Br)c1. The van der Waals surface area contributed by atoms with Gasteiger partial charge < -0.3 is 0 Å². The Bertz CT molecular complexity index is 1010. The molecular weight excluding hydrogens is 406 g/mol. The van der Waals surface area contributed by atoms with Gasteiger partial charge in [-0.1, -0.05) is 46.8 Å². The second-order valence-corrected chi connectivity index (χ2v) is 9.02. The minimum atomic E-state index is -3.40. The highest BCUT2D eigenvalue weighted by atomic mass is 79.9. The molecule has 0 spiro atoms. The van der Waals surface area contributed by atoms with Gasteiger partial charge in [-0.3, -0.25) is 0 Å². The molecule has 6 heteroatoms. The number of benzene rings is 2. The lowest BCUT2D eigenvalue weighted by molar-refractivity contribution is 0.602. The summed E-state index contributed by atoms with van der Waals surface area (Å²) >= 11 is 4.90. The lowest BCUT2D eigenvalue weighted by Crippen LogP contribution is -2.03. The van der Waals surface area contributed by atoms with E-state index in [1.54, 1.807) is 24.4 Å². The number of sulfone groups is 1. The standard InChI is InChI=1S/C18H14BrNO2S2/c1-3-12-7-8-15(24(2,21)22)17(18-20-9-10-23-18)16(12)13-5-4-6-14(19)11-13/h3-11H,1H2,2H3. The van der Waals surface area contributed by atoms with Crippen molar-refractivity contribution < 1.29 is 8.42 Å². The fraction of sp³-hybridized carbons (Fsp3) is 0.0556. The average molecular weight is 420 g/mol. The van der Waals surface area contributed by atoms with Crippen LogP contribution in [0.4, 0.5) is 0 Å². The van der Waals surface area contributed by atoms with Crippen LogP contribution in [0.5, 0.6) is 0 Å². The summed E-state index contributed by atoms with van der Waals surface area (Å²) in [6, 6.07) is 11.2. The van der Waals surface area contributed by atoms with Gasteiger partial charge in [0.1, 0.15) is 5.01 Å². The number of nitrogens with zero attached hydrogens (tertiary/aromatic N) is 1. The Morgan fingerprint density at radius 3 is 2.58 bits per heavy atom. The second kappa shape index (κ2) is 6.63. The summed E-state index contributed by atoms with van der Waals surface area (Å²) in [5, 5.41) is 2.52. The van der Waals surface area contributed by atoms with Crippen LogP contribution in [-0.4, -0.2) is 19.7 Å². The van der Waals surface area contributed by atoms with E-state index >= 15 is 0 Å². The normalized spacial score (nSPS) is 11.4. The highest BCUT2D eigenvalue weighted by Gasteiger charge is 2.22. The van der Waals surface area contributed by atoms with Gasteiger partial charge in [0, 0.05) is 33.4 Å². The summed E-state index contributed by atoms with van der Waals surface area (Å²) in [5.41, 5.74) is 3.23. The van der Waals surface area contributed by atoms with E-state index in [2.05, 4.69) is 27.5 Å². The Hall–Kier alpha value is -1.76. The van der Waals surface area contributed by atoms with Crippen LogP contribution in [0.1, 0.15) is 5.56 Å². The van der Waals surface area contributed by atoms with Crippen molar-refractivity contribution >= 4 is 43.2 Å². The van der Waals surface area contributed by atoms with Crippen molar-refractivity contribution in [2.45, 2.75) is 4.90 Å². The molecule has 0 N–H and O–H groups in total. The molecule has 0 fully saturated rings. The van der Waals surface area contributed by atoms with Crippen LogP contribution in [0.15, 0.2) is 63.9 Å². The van der Waals surface area contributed by atoms with Crippen LogP contribution in [0.3, 0.4) is 0 Å². The number of aromatic nitrogens is 1. The molecule has 0 aliphatic heterocycles. The van der Waals surface area contributed by atoms with E-state index in [-0.39, 0.29) is 4.90 Å². The van der Waals surface area contributed by atoms with Gasteiger partial charge in [0.15, 0.2) is 9.84 Å². The fourth-order valence-corrected chi connectivity index (χ4v) is 4.64. The molecule has 122 valence electrons. The Labute approximate surface area is 153 Å². The zero-order valence-corrected chi connectivity index (χ0v) is 16.1. The van der Waals surface area contributed by atoms with Gasteiger partial charge >= 0.3 is 0 Å². The fourth-order valence-electron chi connectivity index (χ4n) is 2.59. The van der Waals surface area contributed by atoms with Crippen molar-refractivity contribution in [3.8, 4) is 21.7 Å². The summed E-state index contributed by atoms with van der Waals surface area (Å²) in [7, 11) is -3.40. The van der Waals surface area contributed by atoms with Crippen molar-refractivity contribution in [3.63, 3.8) is 0 Å². The summed E-state index contributed by atoms with van der Waals surface area (Å²) in [6.45, 7) is 3.88. The van der Waals surface area contributed by atoms with Crippen molar-refractivity contribution in [1.82, 2.24) is 4.98 Å². The van der Waals surface area contributed by atoms with Crippen LogP contribution < -0.4 is 0 Å². The maximum Gasteiger partial charge on any atom is 0.176 e. The Morgan fingerprint density at radius 1 is 1.21 bits per heavy atom. The van der Waals surface area contributed by atoms with Gasteiger partial charge in [0.05, 0.1) is 4.90 Å². The van der Waals surface area contributed by atoms with E-state index in [9.17, 15) is 8.42 Å². The van der Waals surface area contributed by atoms with Gasteiger partial charge in [-0.05, 0) is 29.3 Å². The molecule has 0 aliphatic carbocycles. The van der Waals surface area contributed by atoms with E-state index in [1.165, 1.54) is 17.6 Å². The minimum Gasteiger partial charge on any atom is -0.244 e. The number of thiazole rings is 1. The summed E-state index contributed by atoms with van der Waals surface area (Å²) < 4.78 is 25.6. The quantitative estimate of drug-likeness (QED) is 0.577. The number of hydrogen-bond acceptors (Lipinski definition) is 4. The van der Waals surface area contributed by atoms with Crippen LogP contribution in [0, 0.1) is 0 Å². The van der Waals surface area contributed by atoms with Gasteiger partial charge in [-0.2, -0.15) is 0 Å². The largest absolute Gasteiger partial charge is 0.244 e. The molecule has 0 aliphatic rings. The minimum absolute atomic E-state index is 0.276. The molecule has 1 aromatic heterocycles. The molecule has 0 radical (unpaired) electrons. The van der Waals surface area contributed by atoms with Crippen LogP contribution in [0.25, 0.3) is 27.8 Å².